The fourth-order valence-corrected chi connectivity index (χ4v) is 1.49. The van der Waals surface area contributed by atoms with Crippen molar-refractivity contribution in [2.45, 2.75) is 19.3 Å². The van der Waals surface area contributed by atoms with E-state index in [0.29, 0.717) is 0 Å². The van der Waals surface area contributed by atoms with Crippen molar-refractivity contribution in [3.05, 3.63) is 29.8 Å². The van der Waals surface area contributed by atoms with E-state index in [-0.39, 0.29) is 0 Å². The molecule has 13 heavy (non-hydrogen) atoms. The van der Waals surface area contributed by atoms with Gasteiger partial charge in [-0.15, -0.1) is 0 Å². The summed E-state index contributed by atoms with van der Waals surface area (Å²) in [7, 11) is 1.70. The lowest BCUT2D eigenvalue weighted by Crippen LogP contribution is -1.88. The lowest BCUT2D eigenvalue weighted by atomic mass is 10.1. The Hall–Kier alpha value is -0.630. The maximum atomic E-state index is 5.15. The SMILES string of the molecule is COc1cccc(CCCCS)c1. The summed E-state index contributed by atoms with van der Waals surface area (Å²) in [4.78, 5) is 0. The fourth-order valence-electron chi connectivity index (χ4n) is 1.27. The second kappa shape index (κ2) is 5.92. The van der Waals surface area contributed by atoms with E-state index in [4.69, 9.17) is 4.74 Å². The predicted molar refractivity (Wildman–Crippen MR) is 59.8 cm³/mol. The smallest absolute Gasteiger partial charge is 0.119 e. The Balaban J connectivity index is 2.46. The third kappa shape index (κ3) is 3.73. The van der Waals surface area contributed by atoms with Gasteiger partial charge in [0.2, 0.25) is 0 Å². The Morgan fingerprint density at radius 2 is 2.15 bits per heavy atom. The molecule has 0 unspecified atom stereocenters. The first-order chi connectivity index (χ1) is 6.36. The van der Waals surface area contributed by atoms with Crippen LogP contribution in [0.15, 0.2) is 24.3 Å². The molecule has 0 fully saturated rings. The zero-order valence-corrected chi connectivity index (χ0v) is 8.89. The number of unbranched alkanes of at least 4 members (excludes halogenated alkanes) is 1. The monoisotopic (exact) mass is 196 g/mol. The lowest BCUT2D eigenvalue weighted by Gasteiger charge is -2.03. The summed E-state index contributed by atoms with van der Waals surface area (Å²) in [6.07, 6.45) is 3.51. The molecule has 72 valence electrons. The Morgan fingerprint density at radius 1 is 1.31 bits per heavy atom. The highest BCUT2D eigenvalue weighted by Gasteiger charge is 1.95. The van der Waals surface area contributed by atoms with Crippen molar-refractivity contribution in [3.8, 4) is 5.75 Å². The summed E-state index contributed by atoms with van der Waals surface area (Å²) in [6, 6.07) is 8.25. The van der Waals surface area contributed by atoms with Crippen LogP contribution < -0.4 is 4.74 Å². The third-order valence-corrected chi connectivity index (χ3v) is 2.32. The van der Waals surface area contributed by atoms with Crippen molar-refractivity contribution < 1.29 is 4.74 Å². The first kappa shape index (κ1) is 10.5. The number of hydrogen-bond acceptors (Lipinski definition) is 2. The van der Waals surface area contributed by atoms with Gasteiger partial charge in [0, 0.05) is 0 Å². The van der Waals surface area contributed by atoms with Crippen LogP contribution in [-0.4, -0.2) is 12.9 Å². The Bertz CT molecular complexity index is 248. The maximum Gasteiger partial charge on any atom is 0.119 e. The lowest BCUT2D eigenvalue weighted by molar-refractivity contribution is 0.414. The number of benzene rings is 1. The zero-order chi connectivity index (χ0) is 9.52. The van der Waals surface area contributed by atoms with Crippen molar-refractivity contribution in [1.82, 2.24) is 0 Å². The van der Waals surface area contributed by atoms with Crippen LogP contribution in [0.2, 0.25) is 0 Å². The summed E-state index contributed by atoms with van der Waals surface area (Å²) in [5, 5.41) is 0. The zero-order valence-electron chi connectivity index (χ0n) is 7.99. The molecule has 1 aromatic carbocycles. The first-order valence-electron chi connectivity index (χ1n) is 4.60. The standard InChI is InChI=1S/C11H16OS/c1-12-11-7-4-6-10(9-11)5-2-3-8-13/h4,6-7,9,13H,2-3,5,8H2,1H3. The number of methoxy groups -OCH3 is 1. The van der Waals surface area contributed by atoms with E-state index in [0.717, 1.165) is 17.9 Å². The molecule has 1 aromatic rings. The molecule has 0 amide bonds. The van der Waals surface area contributed by atoms with Gasteiger partial charge < -0.3 is 4.74 Å². The molecule has 0 spiro atoms. The van der Waals surface area contributed by atoms with E-state index in [1.54, 1.807) is 7.11 Å². The molecule has 0 bridgehead atoms. The molecule has 0 radical (unpaired) electrons. The van der Waals surface area contributed by atoms with Gasteiger partial charge >= 0.3 is 0 Å². The Kier molecular flexibility index (Phi) is 4.76. The number of thiol groups is 1. The predicted octanol–water partition coefficient (Wildman–Crippen LogP) is 2.95. The van der Waals surface area contributed by atoms with Gasteiger partial charge in [-0.25, -0.2) is 0 Å². The molecule has 0 saturated carbocycles. The molecule has 0 aliphatic heterocycles. The van der Waals surface area contributed by atoms with Crippen molar-refractivity contribution in [3.63, 3.8) is 0 Å². The Labute approximate surface area is 85.5 Å². The highest BCUT2D eigenvalue weighted by molar-refractivity contribution is 7.80. The van der Waals surface area contributed by atoms with Gasteiger partial charge in [0.15, 0.2) is 0 Å². The van der Waals surface area contributed by atoms with Gasteiger partial charge in [0.05, 0.1) is 7.11 Å². The van der Waals surface area contributed by atoms with Crippen molar-refractivity contribution in [2.24, 2.45) is 0 Å². The third-order valence-electron chi connectivity index (χ3n) is 2.01. The molecule has 0 aromatic heterocycles. The molecule has 2 heteroatoms. The highest BCUT2D eigenvalue weighted by Crippen LogP contribution is 2.14. The van der Waals surface area contributed by atoms with Crippen LogP contribution in [0.5, 0.6) is 5.75 Å². The normalized spacial score (nSPS) is 10.0. The number of rotatable bonds is 5. The van der Waals surface area contributed by atoms with E-state index < -0.39 is 0 Å². The van der Waals surface area contributed by atoms with Crippen LogP contribution in [0.1, 0.15) is 18.4 Å². The Morgan fingerprint density at radius 3 is 2.85 bits per heavy atom. The van der Waals surface area contributed by atoms with E-state index in [9.17, 15) is 0 Å². The van der Waals surface area contributed by atoms with Crippen LogP contribution in [0.4, 0.5) is 0 Å². The highest BCUT2D eigenvalue weighted by atomic mass is 32.1. The molecule has 1 nitrogen and oxygen atoms in total. The molecule has 0 N–H and O–H groups in total. The van der Waals surface area contributed by atoms with E-state index in [1.807, 2.05) is 12.1 Å². The minimum atomic E-state index is 0.948. The number of aryl methyl sites for hydroxylation is 1. The maximum absolute atomic E-state index is 5.15. The van der Waals surface area contributed by atoms with Crippen LogP contribution in [-0.2, 0) is 6.42 Å². The van der Waals surface area contributed by atoms with Crippen LogP contribution in [0.3, 0.4) is 0 Å². The van der Waals surface area contributed by atoms with Crippen LogP contribution in [0.25, 0.3) is 0 Å². The molecule has 0 heterocycles. The topological polar surface area (TPSA) is 9.23 Å². The summed E-state index contributed by atoms with van der Waals surface area (Å²) in [5.74, 6) is 1.92. The second-order valence-electron chi connectivity index (χ2n) is 3.03. The average Bonchev–Trinajstić information content (AvgIpc) is 2.19. The molecule has 1 rings (SSSR count). The van der Waals surface area contributed by atoms with Gasteiger partial charge in [0.1, 0.15) is 5.75 Å². The molecular formula is C11H16OS. The molecule has 0 aliphatic carbocycles. The summed E-state index contributed by atoms with van der Waals surface area (Å²) < 4.78 is 5.15. The average molecular weight is 196 g/mol. The van der Waals surface area contributed by atoms with Gasteiger partial charge in [-0.1, -0.05) is 12.1 Å². The molecular weight excluding hydrogens is 180 g/mol. The minimum absolute atomic E-state index is 0.948. The van der Waals surface area contributed by atoms with E-state index in [2.05, 4.69) is 24.8 Å². The molecule has 0 aliphatic rings. The van der Waals surface area contributed by atoms with Gasteiger partial charge in [-0.2, -0.15) is 12.6 Å². The summed E-state index contributed by atoms with van der Waals surface area (Å²) >= 11 is 4.18. The summed E-state index contributed by atoms with van der Waals surface area (Å²) in [5.41, 5.74) is 1.35. The van der Waals surface area contributed by atoms with Crippen LogP contribution >= 0.6 is 12.6 Å². The van der Waals surface area contributed by atoms with Crippen molar-refractivity contribution >= 4 is 12.6 Å². The van der Waals surface area contributed by atoms with Gasteiger partial charge in [-0.3, -0.25) is 0 Å². The van der Waals surface area contributed by atoms with Crippen LogP contribution in [0, 0.1) is 0 Å². The second-order valence-corrected chi connectivity index (χ2v) is 3.48. The van der Waals surface area contributed by atoms with Crippen molar-refractivity contribution in [2.75, 3.05) is 12.9 Å². The first-order valence-corrected chi connectivity index (χ1v) is 5.24. The number of hydrogen-bond donors (Lipinski definition) is 1. The fraction of sp³-hybridized carbons (Fsp3) is 0.455. The largest absolute Gasteiger partial charge is 0.497 e. The minimum Gasteiger partial charge on any atom is -0.497 e. The van der Waals surface area contributed by atoms with Gasteiger partial charge in [0.25, 0.3) is 0 Å². The van der Waals surface area contributed by atoms with E-state index >= 15 is 0 Å². The van der Waals surface area contributed by atoms with Gasteiger partial charge in [-0.05, 0) is 42.7 Å². The number of ether oxygens (including phenoxy) is 1. The quantitative estimate of drug-likeness (QED) is 0.562. The molecule has 0 atom stereocenters. The summed E-state index contributed by atoms with van der Waals surface area (Å²) in [6.45, 7) is 0. The van der Waals surface area contributed by atoms with E-state index in [1.165, 1.54) is 18.4 Å². The molecule has 0 saturated heterocycles. The van der Waals surface area contributed by atoms with Crippen molar-refractivity contribution in [1.29, 1.82) is 0 Å².